The highest BCUT2D eigenvalue weighted by atomic mass is 16.5. The summed E-state index contributed by atoms with van der Waals surface area (Å²) in [4.78, 5) is 29.3. The van der Waals surface area contributed by atoms with Crippen molar-refractivity contribution in [2.75, 3.05) is 20.2 Å². The van der Waals surface area contributed by atoms with Crippen LogP contribution in [0.3, 0.4) is 0 Å². The molecule has 2 heterocycles. The largest absolute Gasteiger partial charge is 0.378 e. The van der Waals surface area contributed by atoms with E-state index in [4.69, 9.17) is 4.74 Å². The van der Waals surface area contributed by atoms with E-state index in [0.717, 1.165) is 18.4 Å². The van der Waals surface area contributed by atoms with Gasteiger partial charge < -0.3 is 9.64 Å². The summed E-state index contributed by atoms with van der Waals surface area (Å²) in [6.45, 7) is 6.63. The lowest BCUT2D eigenvalue weighted by Crippen LogP contribution is -2.43. The molecule has 6 heteroatoms. The van der Waals surface area contributed by atoms with E-state index in [1.807, 2.05) is 17.9 Å². The maximum absolute atomic E-state index is 12.1. The van der Waals surface area contributed by atoms with Crippen molar-refractivity contribution in [1.82, 2.24) is 9.88 Å². The smallest absolute Gasteiger partial charge is 0.172 e. The number of nitrogens with zero attached hydrogens (tertiary/aromatic N) is 3. The van der Waals surface area contributed by atoms with Crippen LogP contribution in [0.2, 0.25) is 0 Å². The molecule has 0 N–H and O–H groups in total. The number of allylic oxidation sites excluding steroid dienone is 1. The van der Waals surface area contributed by atoms with Gasteiger partial charge in [0.05, 0.1) is 11.3 Å². The summed E-state index contributed by atoms with van der Waals surface area (Å²) in [5.41, 5.74) is 2.27. The predicted octanol–water partition coefficient (Wildman–Crippen LogP) is 2.53. The number of carbonyl (C=O) groups excluding carboxylic acids is 2. The summed E-state index contributed by atoms with van der Waals surface area (Å²) in [6.07, 6.45) is 3.83. The number of nitriles is 1. The number of likely N-dealkylation sites (tertiary alicyclic amines) is 1. The average Bonchev–Trinajstić information content (AvgIpc) is 2.61. The van der Waals surface area contributed by atoms with Crippen molar-refractivity contribution in [3.63, 3.8) is 0 Å². The molecule has 1 fully saturated rings. The second-order valence-electron chi connectivity index (χ2n) is 6.57. The molecule has 1 saturated heterocycles. The van der Waals surface area contributed by atoms with Crippen LogP contribution in [0.5, 0.6) is 0 Å². The number of rotatable bonds is 5. The number of hydrogen-bond acceptors (Lipinski definition) is 6. The third-order valence-electron chi connectivity index (χ3n) is 4.83. The van der Waals surface area contributed by atoms with E-state index in [1.54, 1.807) is 19.4 Å². The normalized spacial score (nSPS) is 17.5. The summed E-state index contributed by atoms with van der Waals surface area (Å²) in [5, 5.41) is 9.56. The van der Waals surface area contributed by atoms with E-state index in [0.29, 0.717) is 30.6 Å². The summed E-state index contributed by atoms with van der Waals surface area (Å²) < 4.78 is 5.58. The van der Waals surface area contributed by atoms with Gasteiger partial charge in [-0.1, -0.05) is 0 Å². The monoisotopic (exact) mass is 341 g/mol. The molecule has 0 spiro atoms. The summed E-state index contributed by atoms with van der Waals surface area (Å²) in [7, 11) is 1.70. The molecule has 132 valence electrons. The van der Waals surface area contributed by atoms with Crippen LogP contribution in [0.15, 0.2) is 17.8 Å². The first-order valence-corrected chi connectivity index (χ1v) is 8.23. The second-order valence-corrected chi connectivity index (χ2v) is 6.57. The fourth-order valence-electron chi connectivity index (χ4n) is 3.03. The minimum Gasteiger partial charge on any atom is -0.378 e. The van der Waals surface area contributed by atoms with Gasteiger partial charge in [0.1, 0.15) is 17.3 Å². The number of hydrogen-bond donors (Lipinski definition) is 0. The highest BCUT2D eigenvalue weighted by molar-refractivity contribution is 6.04. The van der Waals surface area contributed by atoms with Gasteiger partial charge in [-0.05, 0) is 45.2 Å². The lowest BCUT2D eigenvalue weighted by Gasteiger charge is -2.41. The number of aldehydes is 1. The van der Waals surface area contributed by atoms with Gasteiger partial charge in [-0.3, -0.25) is 14.6 Å². The van der Waals surface area contributed by atoms with E-state index >= 15 is 0 Å². The number of pyridine rings is 1. The molecule has 0 unspecified atom stereocenters. The standard InChI is InChI=1S/C19H23N3O3/c1-13-11-21-15(12-23)9-16(13)18(17(10-20)14(2)24)22-7-5-19(3,25-4)6-8-22/h9,11-12H,5-8H2,1-4H3/b18-17+. The first-order chi connectivity index (χ1) is 11.8. The molecule has 0 amide bonds. The van der Waals surface area contributed by atoms with Crippen LogP contribution in [-0.2, 0) is 9.53 Å². The van der Waals surface area contributed by atoms with Gasteiger partial charge in [0.15, 0.2) is 12.1 Å². The van der Waals surface area contributed by atoms with Crippen LogP contribution in [0.4, 0.5) is 0 Å². The van der Waals surface area contributed by atoms with Crippen LogP contribution >= 0.6 is 0 Å². The molecule has 1 aromatic rings. The predicted molar refractivity (Wildman–Crippen MR) is 93.8 cm³/mol. The number of aryl methyl sites for hydroxylation is 1. The molecule has 0 bridgehead atoms. The maximum Gasteiger partial charge on any atom is 0.172 e. The van der Waals surface area contributed by atoms with E-state index in [9.17, 15) is 14.9 Å². The van der Waals surface area contributed by atoms with Crippen molar-refractivity contribution in [3.05, 3.63) is 34.7 Å². The molecule has 0 atom stereocenters. The van der Waals surface area contributed by atoms with Gasteiger partial charge in [0.2, 0.25) is 0 Å². The first-order valence-electron chi connectivity index (χ1n) is 8.23. The third-order valence-corrected chi connectivity index (χ3v) is 4.83. The maximum atomic E-state index is 12.1. The molecular weight excluding hydrogens is 318 g/mol. The van der Waals surface area contributed by atoms with Gasteiger partial charge in [-0.15, -0.1) is 0 Å². The Hall–Kier alpha value is -2.52. The highest BCUT2D eigenvalue weighted by Gasteiger charge is 2.32. The number of Topliss-reactive ketones (excluding diaryl/α,β-unsaturated/α-hetero) is 1. The van der Waals surface area contributed by atoms with Gasteiger partial charge >= 0.3 is 0 Å². The lowest BCUT2D eigenvalue weighted by atomic mass is 9.91. The van der Waals surface area contributed by atoms with Gasteiger partial charge in [-0.25, -0.2) is 0 Å². The molecule has 0 saturated carbocycles. The van der Waals surface area contributed by atoms with Gasteiger partial charge in [0.25, 0.3) is 0 Å². The van der Waals surface area contributed by atoms with Crippen LogP contribution < -0.4 is 0 Å². The Bertz CT molecular complexity index is 754. The molecule has 1 aliphatic rings. The number of piperidine rings is 1. The molecule has 0 radical (unpaired) electrons. The fourth-order valence-corrected chi connectivity index (χ4v) is 3.03. The Labute approximate surface area is 148 Å². The molecule has 2 rings (SSSR count). The fraction of sp³-hybridized carbons (Fsp3) is 0.474. The van der Waals surface area contributed by atoms with Crippen LogP contribution in [0.1, 0.15) is 48.3 Å². The number of ether oxygens (including phenoxy) is 1. The zero-order chi connectivity index (χ0) is 18.6. The number of methoxy groups -OCH3 is 1. The van der Waals surface area contributed by atoms with Crippen LogP contribution in [-0.4, -0.2) is 47.8 Å². The summed E-state index contributed by atoms with van der Waals surface area (Å²) in [5.74, 6) is -0.290. The molecule has 6 nitrogen and oxygen atoms in total. The zero-order valence-electron chi connectivity index (χ0n) is 15.1. The van der Waals surface area contributed by atoms with E-state index in [1.165, 1.54) is 6.92 Å². The quantitative estimate of drug-likeness (QED) is 0.465. The Kier molecular flexibility index (Phi) is 5.70. The second kappa shape index (κ2) is 7.58. The molecule has 0 aliphatic carbocycles. The number of aromatic nitrogens is 1. The molecule has 1 aromatic heterocycles. The third kappa shape index (κ3) is 3.94. The Balaban J connectivity index is 2.56. The Morgan fingerprint density at radius 1 is 1.44 bits per heavy atom. The minimum absolute atomic E-state index is 0.104. The molecule has 25 heavy (non-hydrogen) atoms. The SMILES string of the molecule is COC1(C)CCN(/C(=C(\C#N)C(C)=O)c2cc(C=O)ncc2C)CC1. The van der Waals surface area contributed by atoms with E-state index in [2.05, 4.69) is 11.9 Å². The topological polar surface area (TPSA) is 83.3 Å². The molecule has 1 aliphatic heterocycles. The Morgan fingerprint density at radius 3 is 2.56 bits per heavy atom. The number of ketones is 1. The number of carbonyl (C=O) groups is 2. The molecular formula is C19H23N3O3. The first kappa shape index (κ1) is 18.8. The summed E-state index contributed by atoms with van der Waals surface area (Å²) >= 11 is 0. The molecule has 0 aromatic carbocycles. The van der Waals surface area contributed by atoms with Gasteiger partial charge in [0, 0.05) is 32.0 Å². The van der Waals surface area contributed by atoms with E-state index < -0.39 is 0 Å². The van der Waals surface area contributed by atoms with Crippen molar-refractivity contribution in [2.24, 2.45) is 0 Å². The summed E-state index contributed by atoms with van der Waals surface area (Å²) in [6, 6.07) is 3.69. The lowest BCUT2D eigenvalue weighted by molar-refractivity contribution is -0.113. The van der Waals surface area contributed by atoms with Crippen molar-refractivity contribution < 1.29 is 14.3 Å². The van der Waals surface area contributed by atoms with Crippen molar-refractivity contribution >= 4 is 17.8 Å². The Morgan fingerprint density at radius 2 is 2.08 bits per heavy atom. The van der Waals surface area contributed by atoms with Crippen LogP contribution in [0, 0.1) is 18.3 Å². The van der Waals surface area contributed by atoms with E-state index in [-0.39, 0.29) is 22.7 Å². The average molecular weight is 341 g/mol. The van der Waals surface area contributed by atoms with Gasteiger partial charge in [-0.2, -0.15) is 5.26 Å². The van der Waals surface area contributed by atoms with Crippen LogP contribution in [0.25, 0.3) is 5.70 Å². The van der Waals surface area contributed by atoms with Crippen molar-refractivity contribution in [2.45, 2.75) is 39.2 Å². The van der Waals surface area contributed by atoms with Crippen molar-refractivity contribution in [3.8, 4) is 6.07 Å². The highest BCUT2D eigenvalue weighted by Crippen LogP contribution is 2.33. The minimum atomic E-state index is -0.290. The zero-order valence-corrected chi connectivity index (χ0v) is 15.1. The van der Waals surface area contributed by atoms with Crippen molar-refractivity contribution in [1.29, 1.82) is 5.26 Å².